The average molecular weight is 232 g/mol. The molecule has 2 rings (SSSR count). The Balaban J connectivity index is 2.08. The van der Waals surface area contributed by atoms with E-state index in [0.717, 1.165) is 12.3 Å². The standard InChI is InChI=1S/C15H24N2/c1-10-4-5-11(2)14(8-10)9-15(17-16)12(3)13-6-7-13/h4-5,8,12-13,15,17H,6-7,9,16H2,1-3H3. The zero-order valence-electron chi connectivity index (χ0n) is 11.2. The molecule has 1 fully saturated rings. The van der Waals surface area contributed by atoms with Gasteiger partial charge in [-0.15, -0.1) is 0 Å². The predicted octanol–water partition coefficient (Wildman–Crippen LogP) is 2.72. The number of nitrogens with two attached hydrogens (primary N) is 1. The SMILES string of the molecule is Cc1ccc(C)c(CC(NN)C(C)C2CC2)c1. The number of benzene rings is 1. The van der Waals surface area contributed by atoms with Crippen LogP contribution in [0.4, 0.5) is 0 Å². The molecule has 2 atom stereocenters. The van der Waals surface area contributed by atoms with Crippen molar-refractivity contribution in [1.29, 1.82) is 0 Å². The number of nitrogens with one attached hydrogen (secondary N) is 1. The Kier molecular flexibility index (Phi) is 3.85. The molecule has 1 saturated carbocycles. The molecule has 1 aromatic carbocycles. The maximum Gasteiger partial charge on any atom is 0.0279 e. The molecule has 2 heteroatoms. The van der Waals surface area contributed by atoms with E-state index in [0.29, 0.717) is 12.0 Å². The molecular weight excluding hydrogens is 208 g/mol. The third-order valence-corrected chi connectivity index (χ3v) is 4.16. The third-order valence-electron chi connectivity index (χ3n) is 4.16. The van der Waals surface area contributed by atoms with Crippen LogP contribution in [-0.4, -0.2) is 6.04 Å². The van der Waals surface area contributed by atoms with Crippen LogP contribution in [0.5, 0.6) is 0 Å². The molecule has 17 heavy (non-hydrogen) atoms. The van der Waals surface area contributed by atoms with Gasteiger partial charge >= 0.3 is 0 Å². The van der Waals surface area contributed by atoms with Crippen molar-refractivity contribution < 1.29 is 0 Å². The highest BCUT2D eigenvalue weighted by molar-refractivity contribution is 5.31. The summed E-state index contributed by atoms with van der Waals surface area (Å²) in [5, 5.41) is 0. The minimum absolute atomic E-state index is 0.406. The first kappa shape index (κ1) is 12.6. The Morgan fingerprint density at radius 2 is 2.06 bits per heavy atom. The van der Waals surface area contributed by atoms with Crippen molar-refractivity contribution in [3.63, 3.8) is 0 Å². The molecule has 0 radical (unpaired) electrons. The van der Waals surface area contributed by atoms with E-state index < -0.39 is 0 Å². The van der Waals surface area contributed by atoms with Gasteiger partial charge in [-0.3, -0.25) is 11.3 Å². The fourth-order valence-corrected chi connectivity index (χ4v) is 2.60. The van der Waals surface area contributed by atoms with Crippen LogP contribution in [0.3, 0.4) is 0 Å². The monoisotopic (exact) mass is 232 g/mol. The lowest BCUT2D eigenvalue weighted by molar-refractivity contribution is 0.343. The molecule has 1 aliphatic rings. The van der Waals surface area contributed by atoms with Gasteiger partial charge in [-0.25, -0.2) is 0 Å². The number of aryl methyl sites for hydroxylation is 2. The molecule has 0 bridgehead atoms. The lowest BCUT2D eigenvalue weighted by Crippen LogP contribution is -2.42. The Hall–Kier alpha value is -0.860. The van der Waals surface area contributed by atoms with Crippen LogP contribution in [0.25, 0.3) is 0 Å². The van der Waals surface area contributed by atoms with Gasteiger partial charge in [-0.2, -0.15) is 0 Å². The van der Waals surface area contributed by atoms with Crippen molar-refractivity contribution in [2.75, 3.05) is 0 Å². The maximum absolute atomic E-state index is 5.73. The normalized spacial score (nSPS) is 19.1. The molecule has 94 valence electrons. The van der Waals surface area contributed by atoms with E-state index in [1.54, 1.807) is 0 Å². The average Bonchev–Trinajstić information content (AvgIpc) is 3.13. The highest BCUT2D eigenvalue weighted by atomic mass is 15.2. The summed E-state index contributed by atoms with van der Waals surface area (Å²) in [6, 6.07) is 7.08. The predicted molar refractivity (Wildman–Crippen MR) is 72.6 cm³/mol. The van der Waals surface area contributed by atoms with Gasteiger partial charge in [0.2, 0.25) is 0 Å². The molecule has 0 spiro atoms. The first-order valence-corrected chi connectivity index (χ1v) is 6.64. The Morgan fingerprint density at radius 1 is 1.35 bits per heavy atom. The first-order chi connectivity index (χ1) is 8.11. The van der Waals surface area contributed by atoms with Crippen molar-refractivity contribution in [2.45, 2.75) is 46.1 Å². The lowest BCUT2D eigenvalue weighted by Gasteiger charge is -2.24. The summed E-state index contributed by atoms with van der Waals surface area (Å²) >= 11 is 0. The number of rotatable bonds is 5. The molecule has 0 heterocycles. The van der Waals surface area contributed by atoms with Crippen LogP contribution in [0, 0.1) is 25.7 Å². The molecule has 0 saturated heterocycles. The van der Waals surface area contributed by atoms with Crippen molar-refractivity contribution in [3.05, 3.63) is 34.9 Å². The van der Waals surface area contributed by atoms with Gasteiger partial charge in [-0.1, -0.05) is 30.7 Å². The van der Waals surface area contributed by atoms with Gasteiger partial charge < -0.3 is 0 Å². The molecule has 0 amide bonds. The van der Waals surface area contributed by atoms with Crippen LogP contribution >= 0.6 is 0 Å². The van der Waals surface area contributed by atoms with Gasteiger partial charge in [0.05, 0.1) is 0 Å². The molecule has 3 N–H and O–H groups in total. The van der Waals surface area contributed by atoms with E-state index in [-0.39, 0.29) is 0 Å². The largest absolute Gasteiger partial charge is 0.271 e. The summed E-state index contributed by atoms with van der Waals surface area (Å²) < 4.78 is 0. The third kappa shape index (κ3) is 3.08. The topological polar surface area (TPSA) is 38.0 Å². The highest BCUT2D eigenvalue weighted by Gasteiger charge is 2.32. The molecular formula is C15H24N2. The Morgan fingerprint density at radius 3 is 2.65 bits per heavy atom. The molecule has 1 aromatic rings. The molecule has 0 aromatic heterocycles. The minimum atomic E-state index is 0.406. The summed E-state index contributed by atoms with van der Waals surface area (Å²) in [5.74, 6) is 7.30. The highest BCUT2D eigenvalue weighted by Crippen LogP contribution is 2.38. The minimum Gasteiger partial charge on any atom is -0.271 e. The summed E-state index contributed by atoms with van der Waals surface area (Å²) in [4.78, 5) is 0. The van der Waals surface area contributed by atoms with Crippen LogP contribution in [-0.2, 0) is 6.42 Å². The summed E-state index contributed by atoms with van der Waals surface area (Å²) in [6.45, 7) is 6.66. The van der Waals surface area contributed by atoms with Crippen LogP contribution in [0.15, 0.2) is 18.2 Å². The van der Waals surface area contributed by atoms with E-state index in [9.17, 15) is 0 Å². The fraction of sp³-hybridized carbons (Fsp3) is 0.600. The quantitative estimate of drug-likeness (QED) is 0.605. The molecule has 2 unspecified atom stereocenters. The molecule has 2 nitrogen and oxygen atoms in total. The number of hydrogen-bond donors (Lipinski definition) is 2. The van der Waals surface area contributed by atoms with Crippen molar-refractivity contribution in [2.24, 2.45) is 17.7 Å². The van der Waals surface area contributed by atoms with Gasteiger partial charge in [0.25, 0.3) is 0 Å². The van der Waals surface area contributed by atoms with Crippen molar-refractivity contribution in [3.8, 4) is 0 Å². The smallest absolute Gasteiger partial charge is 0.0279 e. The van der Waals surface area contributed by atoms with Crippen LogP contribution in [0.1, 0.15) is 36.5 Å². The molecule has 1 aliphatic carbocycles. The van der Waals surface area contributed by atoms with Crippen molar-refractivity contribution >= 4 is 0 Å². The van der Waals surface area contributed by atoms with E-state index in [1.807, 2.05) is 0 Å². The Bertz CT molecular complexity index is 383. The second-order valence-electron chi connectivity index (χ2n) is 5.60. The van der Waals surface area contributed by atoms with Gasteiger partial charge in [-0.05, 0) is 56.1 Å². The molecule has 0 aliphatic heterocycles. The van der Waals surface area contributed by atoms with Gasteiger partial charge in [0.1, 0.15) is 0 Å². The number of hydrogen-bond acceptors (Lipinski definition) is 2. The van der Waals surface area contributed by atoms with E-state index in [2.05, 4.69) is 44.4 Å². The van der Waals surface area contributed by atoms with E-state index in [4.69, 9.17) is 5.84 Å². The summed E-state index contributed by atoms with van der Waals surface area (Å²) in [5.41, 5.74) is 7.16. The van der Waals surface area contributed by atoms with Crippen LogP contribution < -0.4 is 11.3 Å². The number of hydrazine groups is 1. The second-order valence-corrected chi connectivity index (χ2v) is 5.60. The van der Waals surface area contributed by atoms with E-state index in [1.165, 1.54) is 29.5 Å². The zero-order chi connectivity index (χ0) is 12.4. The summed E-state index contributed by atoms with van der Waals surface area (Å²) in [7, 11) is 0. The van der Waals surface area contributed by atoms with Gasteiger partial charge in [0.15, 0.2) is 0 Å². The fourth-order valence-electron chi connectivity index (χ4n) is 2.60. The lowest BCUT2D eigenvalue weighted by atomic mass is 9.89. The van der Waals surface area contributed by atoms with E-state index >= 15 is 0 Å². The maximum atomic E-state index is 5.73. The first-order valence-electron chi connectivity index (χ1n) is 6.64. The second kappa shape index (κ2) is 5.19. The summed E-state index contributed by atoms with van der Waals surface area (Å²) in [6.07, 6.45) is 3.81. The van der Waals surface area contributed by atoms with Crippen molar-refractivity contribution in [1.82, 2.24) is 5.43 Å². The Labute approximate surface area is 105 Å². The zero-order valence-corrected chi connectivity index (χ0v) is 11.2. The van der Waals surface area contributed by atoms with Gasteiger partial charge in [0, 0.05) is 6.04 Å². The van der Waals surface area contributed by atoms with Crippen LogP contribution in [0.2, 0.25) is 0 Å².